The summed E-state index contributed by atoms with van der Waals surface area (Å²) in [7, 11) is 1.68. The molecule has 4 heteroatoms. The van der Waals surface area contributed by atoms with Gasteiger partial charge in [-0.05, 0) is 31.7 Å². The van der Waals surface area contributed by atoms with Gasteiger partial charge in [0, 0.05) is 0 Å². The van der Waals surface area contributed by atoms with Gasteiger partial charge in [0.15, 0.2) is 0 Å². The highest BCUT2D eigenvalue weighted by Crippen LogP contribution is 2.31. The van der Waals surface area contributed by atoms with E-state index in [0.717, 1.165) is 12.1 Å². The first-order valence-corrected chi connectivity index (χ1v) is 4.87. The van der Waals surface area contributed by atoms with E-state index in [2.05, 4.69) is 11.9 Å². The molecule has 0 heterocycles. The summed E-state index contributed by atoms with van der Waals surface area (Å²) in [4.78, 5) is 0. The number of hydrogen-bond acceptors (Lipinski definition) is 1. The van der Waals surface area contributed by atoms with E-state index in [1.54, 1.807) is 26.1 Å². The fraction of sp³-hybridized carbons (Fsp3) is 0.333. The molecule has 1 nitrogen and oxygen atoms in total. The molecule has 0 bridgehead atoms. The van der Waals surface area contributed by atoms with Crippen LogP contribution >= 0.6 is 0 Å². The maximum absolute atomic E-state index is 12.6. The molecule has 0 aliphatic heterocycles. The van der Waals surface area contributed by atoms with Crippen molar-refractivity contribution in [1.29, 1.82) is 0 Å². The first kappa shape index (κ1) is 12.8. The summed E-state index contributed by atoms with van der Waals surface area (Å²) in [5.74, 6) is 0. The average Bonchev–Trinajstić information content (AvgIpc) is 2.17. The minimum absolute atomic E-state index is 0.263. The predicted octanol–water partition coefficient (Wildman–Crippen LogP) is 3.46. The topological polar surface area (TPSA) is 12.0 Å². The van der Waals surface area contributed by atoms with E-state index in [4.69, 9.17) is 0 Å². The van der Waals surface area contributed by atoms with Gasteiger partial charge in [0.05, 0.1) is 11.6 Å². The van der Waals surface area contributed by atoms with Crippen LogP contribution in [0.15, 0.2) is 30.9 Å². The van der Waals surface area contributed by atoms with E-state index in [1.807, 2.05) is 0 Å². The third-order valence-electron chi connectivity index (χ3n) is 2.33. The van der Waals surface area contributed by atoms with Gasteiger partial charge in [-0.3, -0.25) is 0 Å². The maximum Gasteiger partial charge on any atom is 0.416 e. The molecular formula is C12H14F3N. The third kappa shape index (κ3) is 2.85. The van der Waals surface area contributed by atoms with Crippen LogP contribution in [0.4, 0.5) is 13.2 Å². The SMILES string of the molecule is C=C[C@H](NC)c1cc(C)cc(C(F)(F)F)c1. The smallest absolute Gasteiger partial charge is 0.310 e. The highest BCUT2D eigenvalue weighted by Gasteiger charge is 2.31. The molecule has 0 saturated carbocycles. The van der Waals surface area contributed by atoms with Gasteiger partial charge in [0.25, 0.3) is 0 Å². The van der Waals surface area contributed by atoms with E-state index in [0.29, 0.717) is 11.1 Å². The van der Waals surface area contributed by atoms with Crippen LogP contribution in [0.2, 0.25) is 0 Å². The van der Waals surface area contributed by atoms with Crippen LogP contribution < -0.4 is 5.32 Å². The Bertz CT molecular complexity index is 382. The highest BCUT2D eigenvalue weighted by molar-refractivity contribution is 5.34. The molecule has 0 saturated heterocycles. The Hall–Kier alpha value is -1.29. The van der Waals surface area contributed by atoms with Gasteiger partial charge >= 0.3 is 6.18 Å². The molecule has 0 aliphatic carbocycles. The van der Waals surface area contributed by atoms with Crippen molar-refractivity contribution in [2.75, 3.05) is 7.05 Å². The summed E-state index contributed by atoms with van der Waals surface area (Å²) in [5, 5.41) is 2.89. The van der Waals surface area contributed by atoms with Crippen molar-refractivity contribution >= 4 is 0 Å². The molecule has 1 rings (SSSR count). The molecule has 88 valence electrons. The summed E-state index contributed by atoms with van der Waals surface area (Å²) in [6.07, 6.45) is -2.73. The molecule has 0 aliphatic rings. The zero-order valence-corrected chi connectivity index (χ0v) is 9.23. The lowest BCUT2D eigenvalue weighted by Gasteiger charge is -2.15. The number of aryl methyl sites for hydroxylation is 1. The minimum atomic E-state index is -4.31. The largest absolute Gasteiger partial charge is 0.416 e. The van der Waals surface area contributed by atoms with E-state index in [9.17, 15) is 13.2 Å². The maximum atomic E-state index is 12.6. The van der Waals surface area contributed by atoms with Gasteiger partial charge in [-0.1, -0.05) is 17.7 Å². The standard InChI is InChI=1S/C12H14F3N/c1-4-11(16-3)9-5-8(2)6-10(7-9)12(13,14)15/h4-7,11,16H,1H2,2-3H3/t11-/m0/s1. The van der Waals surface area contributed by atoms with Crippen LogP contribution in [0.1, 0.15) is 22.7 Å². The van der Waals surface area contributed by atoms with E-state index in [1.165, 1.54) is 0 Å². The molecule has 0 unspecified atom stereocenters. The number of hydrogen-bond donors (Lipinski definition) is 1. The molecule has 0 aromatic heterocycles. The van der Waals surface area contributed by atoms with Crippen LogP contribution in [-0.4, -0.2) is 7.05 Å². The molecule has 0 radical (unpaired) electrons. The second-order valence-electron chi connectivity index (χ2n) is 3.63. The second-order valence-corrected chi connectivity index (χ2v) is 3.63. The van der Waals surface area contributed by atoms with Crippen molar-refractivity contribution < 1.29 is 13.2 Å². The second kappa shape index (κ2) is 4.70. The lowest BCUT2D eigenvalue weighted by Crippen LogP contribution is -2.15. The number of benzene rings is 1. The Labute approximate surface area is 93.0 Å². The number of alkyl halides is 3. The summed E-state index contributed by atoms with van der Waals surface area (Å²) in [6.45, 7) is 5.23. The third-order valence-corrected chi connectivity index (χ3v) is 2.33. The molecule has 0 amide bonds. The van der Waals surface area contributed by atoms with Crippen molar-refractivity contribution in [3.63, 3.8) is 0 Å². The first-order chi connectivity index (χ1) is 7.38. The Kier molecular flexibility index (Phi) is 3.75. The molecule has 1 N–H and O–H groups in total. The zero-order valence-electron chi connectivity index (χ0n) is 9.23. The fourth-order valence-corrected chi connectivity index (χ4v) is 1.58. The molecular weight excluding hydrogens is 215 g/mol. The van der Waals surface area contributed by atoms with E-state index < -0.39 is 11.7 Å². The normalized spacial score (nSPS) is 13.6. The lowest BCUT2D eigenvalue weighted by molar-refractivity contribution is -0.137. The van der Waals surface area contributed by atoms with Gasteiger partial charge in [0.2, 0.25) is 0 Å². The summed E-state index contributed by atoms with van der Waals surface area (Å²) < 4.78 is 37.7. The van der Waals surface area contributed by atoms with E-state index >= 15 is 0 Å². The number of halogens is 3. The highest BCUT2D eigenvalue weighted by atomic mass is 19.4. The number of rotatable bonds is 3. The molecule has 16 heavy (non-hydrogen) atoms. The quantitative estimate of drug-likeness (QED) is 0.783. The van der Waals surface area contributed by atoms with Crippen LogP contribution in [0.5, 0.6) is 0 Å². The van der Waals surface area contributed by atoms with Crippen molar-refractivity contribution in [3.8, 4) is 0 Å². The molecule has 1 aromatic carbocycles. The molecule has 0 fully saturated rings. The Morgan fingerprint density at radius 2 is 1.94 bits per heavy atom. The van der Waals surface area contributed by atoms with Gasteiger partial charge < -0.3 is 5.32 Å². The number of nitrogens with one attached hydrogen (secondary N) is 1. The fourth-order valence-electron chi connectivity index (χ4n) is 1.58. The Morgan fingerprint density at radius 3 is 2.38 bits per heavy atom. The van der Waals surface area contributed by atoms with Crippen molar-refractivity contribution in [3.05, 3.63) is 47.5 Å². The average molecular weight is 229 g/mol. The van der Waals surface area contributed by atoms with E-state index in [-0.39, 0.29) is 6.04 Å². The van der Waals surface area contributed by atoms with Crippen LogP contribution in [0, 0.1) is 6.92 Å². The molecule has 1 atom stereocenters. The predicted molar refractivity (Wildman–Crippen MR) is 58.2 cm³/mol. The van der Waals surface area contributed by atoms with Gasteiger partial charge in [-0.15, -0.1) is 6.58 Å². The zero-order chi connectivity index (χ0) is 12.3. The van der Waals surface area contributed by atoms with Gasteiger partial charge in [-0.25, -0.2) is 0 Å². The summed E-state index contributed by atoms with van der Waals surface area (Å²) >= 11 is 0. The summed E-state index contributed by atoms with van der Waals surface area (Å²) in [6, 6.07) is 3.74. The Morgan fingerprint density at radius 1 is 1.31 bits per heavy atom. The van der Waals surface area contributed by atoms with Crippen molar-refractivity contribution in [2.24, 2.45) is 0 Å². The molecule has 0 spiro atoms. The minimum Gasteiger partial charge on any atom is -0.310 e. The molecule has 1 aromatic rings. The monoisotopic (exact) mass is 229 g/mol. The summed E-state index contributed by atoms with van der Waals surface area (Å²) in [5.41, 5.74) is 0.543. The van der Waals surface area contributed by atoms with Crippen LogP contribution in [0.25, 0.3) is 0 Å². The number of likely N-dealkylation sites (N-methyl/N-ethyl adjacent to an activating group) is 1. The first-order valence-electron chi connectivity index (χ1n) is 4.87. The van der Waals surface area contributed by atoms with Gasteiger partial charge in [-0.2, -0.15) is 13.2 Å². The van der Waals surface area contributed by atoms with Crippen molar-refractivity contribution in [2.45, 2.75) is 19.1 Å². The van der Waals surface area contributed by atoms with Crippen molar-refractivity contribution in [1.82, 2.24) is 5.32 Å². The Balaban J connectivity index is 3.22. The lowest BCUT2D eigenvalue weighted by atomic mass is 10.0. The van der Waals surface area contributed by atoms with Crippen LogP contribution in [0.3, 0.4) is 0 Å². The van der Waals surface area contributed by atoms with Crippen LogP contribution in [-0.2, 0) is 6.18 Å². The van der Waals surface area contributed by atoms with Gasteiger partial charge in [0.1, 0.15) is 0 Å².